The van der Waals surface area contributed by atoms with Crippen molar-refractivity contribution >= 4 is 16.9 Å². The van der Waals surface area contributed by atoms with E-state index >= 15 is 0 Å². The molecule has 1 aliphatic rings. The molecule has 1 fully saturated rings. The Morgan fingerprint density at radius 2 is 2.15 bits per heavy atom. The summed E-state index contributed by atoms with van der Waals surface area (Å²) < 4.78 is 1.97. The highest BCUT2D eigenvalue weighted by atomic mass is 16.2. The largest absolute Gasteiger partial charge is 0.345 e. The Labute approximate surface area is 150 Å². The zero-order valence-corrected chi connectivity index (χ0v) is 14.7. The SMILES string of the molecule is Cc1nc2ccccc2n1CC(=O)N1CCCC(c2ccnc(=O)[nH]2)C1. The number of hydrogen-bond acceptors (Lipinski definition) is 4. The van der Waals surface area contributed by atoms with Gasteiger partial charge in [0, 0.05) is 30.9 Å². The summed E-state index contributed by atoms with van der Waals surface area (Å²) in [4.78, 5) is 37.3. The van der Waals surface area contributed by atoms with Crippen molar-refractivity contribution in [2.24, 2.45) is 0 Å². The van der Waals surface area contributed by atoms with Crippen LogP contribution < -0.4 is 5.69 Å². The van der Waals surface area contributed by atoms with Gasteiger partial charge >= 0.3 is 5.69 Å². The molecule has 1 N–H and O–H groups in total. The maximum Gasteiger partial charge on any atom is 0.345 e. The molecule has 7 nitrogen and oxygen atoms in total. The van der Waals surface area contributed by atoms with Crippen molar-refractivity contribution < 1.29 is 4.79 Å². The summed E-state index contributed by atoms with van der Waals surface area (Å²) in [7, 11) is 0. The van der Waals surface area contributed by atoms with E-state index in [0.29, 0.717) is 6.54 Å². The first-order valence-electron chi connectivity index (χ1n) is 8.86. The number of aromatic nitrogens is 4. The lowest BCUT2D eigenvalue weighted by Gasteiger charge is -2.33. The first-order chi connectivity index (χ1) is 12.6. The quantitative estimate of drug-likeness (QED) is 0.780. The van der Waals surface area contributed by atoms with E-state index in [2.05, 4.69) is 15.0 Å². The van der Waals surface area contributed by atoms with Crippen LogP contribution in [0.1, 0.15) is 30.3 Å². The van der Waals surface area contributed by atoms with Gasteiger partial charge in [-0.15, -0.1) is 0 Å². The van der Waals surface area contributed by atoms with E-state index in [4.69, 9.17) is 0 Å². The van der Waals surface area contributed by atoms with Crippen molar-refractivity contribution in [2.75, 3.05) is 13.1 Å². The molecule has 7 heteroatoms. The van der Waals surface area contributed by atoms with Crippen LogP contribution in [0.3, 0.4) is 0 Å². The van der Waals surface area contributed by atoms with Gasteiger partial charge in [0.2, 0.25) is 5.91 Å². The van der Waals surface area contributed by atoms with Gasteiger partial charge in [0.05, 0.1) is 11.0 Å². The van der Waals surface area contributed by atoms with Gasteiger partial charge in [-0.3, -0.25) is 4.79 Å². The summed E-state index contributed by atoms with van der Waals surface area (Å²) >= 11 is 0. The van der Waals surface area contributed by atoms with Crippen molar-refractivity contribution in [3.05, 3.63) is 58.5 Å². The second-order valence-electron chi connectivity index (χ2n) is 6.74. The van der Waals surface area contributed by atoms with Crippen molar-refractivity contribution in [3.63, 3.8) is 0 Å². The molecule has 4 rings (SSSR count). The topological polar surface area (TPSA) is 83.9 Å². The Bertz CT molecular complexity index is 1010. The third kappa shape index (κ3) is 3.12. The number of nitrogens with zero attached hydrogens (tertiary/aromatic N) is 4. The molecule has 1 aromatic carbocycles. The Morgan fingerprint density at radius 3 is 3.00 bits per heavy atom. The zero-order chi connectivity index (χ0) is 18.1. The van der Waals surface area contributed by atoms with E-state index in [-0.39, 0.29) is 24.1 Å². The number of fused-ring (bicyclic) bond motifs is 1. The number of carbonyl (C=O) groups is 1. The standard InChI is InChI=1S/C19H21N5O2/c1-13-21-16-6-2-3-7-17(16)24(13)12-18(25)23-10-4-5-14(11-23)15-8-9-20-19(26)22-15/h2-3,6-9,14H,4-5,10-12H2,1H3,(H,20,22,26). The minimum atomic E-state index is -0.341. The predicted octanol–water partition coefficient (Wildman–Crippen LogP) is 1.83. The number of rotatable bonds is 3. The first kappa shape index (κ1) is 16.5. The summed E-state index contributed by atoms with van der Waals surface area (Å²) in [6.07, 6.45) is 3.40. The molecule has 1 aliphatic heterocycles. The van der Waals surface area contributed by atoms with E-state index in [9.17, 15) is 9.59 Å². The number of piperidine rings is 1. The molecule has 0 bridgehead atoms. The number of H-pyrrole nitrogens is 1. The minimum Gasteiger partial charge on any atom is -0.340 e. The Hall–Kier alpha value is -2.96. The van der Waals surface area contributed by atoms with Crippen LogP contribution in [0.25, 0.3) is 11.0 Å². The zero-order valence-electron chi connectivity index (χ0n) is 14.7. The van der Waals surface area contributed by atoms with Gasteiger partial charge in [-0.1, -0.05) is 12.1 Å². The molecule has 1 unspecified atom stereocenters. The number of carbonyl (C=O) groups excluding carboxylic acids is 1. The van der Waals surface area contributed by atoms with E-state index in [1.165, 1.54) is 6.20 Å². The van der Waals surface area contributed by atoms with Gasteiger partial charge < -0.3 is 14.5 Å². The number of benzene rings is 1. The van der Waals surface area contributed by atoms with Gasteiger partial charge in [0.15, 0.2) is 0 Å². The van der Waals surface area contributed by atoms with Crippen LogP contribution in [-0.2, 0) is 11.3 Å². The van der Waals surface area contributed by atoms with E-state index in [0.717, 1.165) is 41.9 Å². The number of para-hydroxylation sites is 2. The van der Waals surface area contributed by atoms with Gasteiger partial charge in [-0.2, -0.15) is 0 Å². The maximum absolute atomic E-state index is 12.9. The van der Waals surface area contributed by atoms with Gasteiger partial charge in [0.25, 0.3) is 0 Å². The predicted molar refractivity (Wildman–Crippen MR) is 97.9 cm³/mol. The van der Waals surface area contributed by atoms with Crippen LogP contribution in [0.4, 0.5) is 0 Å². The van der Waals surface area contributed by atoms with Crippen LogP contribution in [0, 0.1) is 6.92 Å². The minimum absolute atomic E-state index is 0.0809. The third-order valence-corrected chi connectivity index (χ3v) is 5.05. The monoisotopic (exact) mass is 351 g/mol. The van der Waals surface area contributed by atoms with Crippen molar-refractivity contribution in [3.8, 4) is 0 Å². The fraction of sp³-hybridized carbons (Fsp3) is 0.368. The van der Waals surface area contributed by atoms with Gasteiger partial charge in [-0.25, -0.2) is 14.8 Å². The highest BCUT2D eigenvalue weighted by Crippen LogP contribution is 2.25. The fourth-order valence-corrected chi connectivity index (χ4v) is 3.71. The summed E-state index contributed by atoms with van der Waals surface area (Å²) in [6, 6.07) is 9.68. The van der Waals surface area contributed by atoms with Crippen LogP contribution in [-0.4, -0.2) is 43.4 Å². The summed E-state index contributed by atoms with van der Waals surface area (Å²) in [5, 5.41) is 0. The number of imidazole rings is 1. The fourth-order valence-electron chi connectivity index (χ4n) is 3.71. The number of likely N-dealkylation sites (tertiary alicyclic amines) is 1. The summed E-state index contributed by atoms with van der Waals surface area (Å²) in [6.45, 7) is 3.57. The molecule has 0 spiro atoms. The van der Waals surface area contributed by atoms with Crippen molar-refractivity contribution in [1.82, 2.24) is 24.4 Å². The molecule has 134 valence electrons. The molecule has 2 aromatic heterocycles. The molecule has 1 amide bonds. The van der Waals surface area contributed by atoms with Gasteiger partial charge in [0.1, 0.15) is 12.4 Å². The third-order valence-electron chi connectivity index (χ3n) is 5.05. The summed E-state index contributed by atoms with van der Waals surface area (Å²) in [5.41, 5.74) is 2.40. The molecule has 1 saturated heterocycles. The molecule has 0 saturated carbocycles. The number of aromatic amines is 1. The van der Waals surface area contributed by atoms with E-state index < -0.39 is 0 Å². The molecule has 0 aliphatic carbocycles. The smallest absolute Gasteiger partial charge is 0.340 e. The van der Waals surface area contributed by atoms with Crippen molar-refractivity contribution in [2.45, 2.75) is 32.2 Å². The van der Waals surface area contributed by atoms with Crippen LogP contribution in [0.15, 0.2) is 41.3 Å². The van der Waals surface area contributed by atoms with E-state index in [1.54, 1.807) is 0 Å². The van der Waals surface area contributed by atoms with E-state index in [1.807, 2.05) is 46.7 Å². The number of hydrogen-bond donors (Lipinski definition) is 1. The second kappa shape index (κ2) is 6.74. The average molecular weight is 351 g/mol. The molecular formula is C19H21N5O2. The average Bonchev–Trinajstić information content (AvgIpc) is 2.97. The molecule has 26 heavy (non-hydrogen) atoms. The maximum atomic E-state index is 12.9. The Balaban J connectivity index is 1.52. The second-order valence-corrected chi connectivity index (χ2v) is 6.74. The number of aryl methyl sites for hydroxylation is 1. The summed E-state index contributed by atoms with van der Waals surface area (Å²) in [5.74, 6) is 1.06. The molecule has 3 heterocycles. The highest BCUT2D eigenvalue weighted by Gasteiger charge is 2.26. The number of amides is 1. The van der Waals surface area contributed by atoms with Crippen LogP contribution in [0.2, 0.25) is 0 Å². The lowest BCUT2D eigenvalue weighted by Crippen LogP contribution is -2.41. The molecule has 1 atom stereocenters. The molecule has 0 radical (unpaired) electrons. The number of nitrogens with one attached hydrogen (secondary N) is 1. The molecule has 3 aromatic rings. The van der Waals surface area contributed by atoms with Crippen molar-refractivity contribution in [1.29, 1.82) is 0 Å². The van der Waals surface area contributed by atoms with Crippen LogP contribution in [0.5, 0.6) is 0 Å². The van der Waals surface area contributed by atoms with Gasteiger partial charge in [-0.05, 0) is 38.0 Å². The Kier molecular flexibility index (Phi) is 4.28. The first-order valence-corrected chi connectivity index (χ1v) is 8.86. The lowest BCUT2D eigenvalue weighted by atomic mass is 9.94. The Morgan fingerprint density at radius 1 is 1.31 bits per heavy atom. The lowest BCUT2D eigenvalue weighted by molar-refractivity contribution is -0.133. The molecular weight excluding hydrogens is 330 g/mol. The normalized spacial score (nSPS) is 17.6. The highest BCUT2D eigenvalue weighted by molar-refractivity contribution is 5.81. The van der Waals surface area contributed by atoms with Crippen LogP contribution >= 0.6 is 0 Å².